The molecule has 0 bridgehead atoms. The molecule has 0 aliphatic carbocycles. The molecule has 1 N–H and O–H groups in total. The van der Waals surface area contributed by atoms with E-state index in [1.54, 1.807) is 6.33 Å². The van der Waals surface area contributed by atoms with Gasteiger partial charge in [-0.05, 0) is 22.9 Å². The summed E-state index contributed by atoms with van der Waals surface area (Å²) < 4.78 is 0.971. The van der Waals surface area contributed by atoms with Crippen molar-refractivity contribution in [2.75, 3.05) is 29.9 Å². The van der Waals surface area contributed by atoms with Crippen molar-refractivity contribution in [3.05, 3.63) is 10.8 Å². The summed E-state index contributed by atoms with van der Waals surface area (Å²) in [5, 5.41) is 4.52. The SMILES string of the molecule is CCNc1ncnc(N2CC(C)SC(C)C2)c1Br. The molecule has 0 spiro atoms. The Morgan fingerprint density at radius 1 is 1.39 bits per heavy atom. The highest BCUT2D eigenvalue weighted by atomic mass is 79.9. The van der Waals surface area contributed by atoms with E-state index in [4.69, 9.17) is 0 Å². The average Bonchev–Trinajstić information content (AvgIpc) is 2.31. The minimum Gasteiger partial charge on any atom is -0.369 e. The number of aromatic nitrogens is 2. The van der Waals surface area contributed by atoms with Crippen molar-refractivity contribution in [3.8, 4) is 0 Å². The number of rotatable bonds is 3. The Hall–Kier alpha value is -0.490. The van der Waals surface area contributed by atoms with E-state index in [2.05, 4.69) is 56.9 Å². The smallest absolute Gasteiger partial charge is 0.148 e. The maximum absolute atomic E-state index is 4.43. The van der Waals surface area contributed by atoms with Crippen LogP contribution in [0.2, 0.25) is 0 Å². The molecule has 2 atom stereocenters. The van der Waals surface area contributed by atoms with E-state index in [1.165, 1.54) is 0 Å². The number of thioether (sulfide) groups is 1. The lowest BCUT2D eigenvalue weighted by Gasteiger charge is -2.35. The summed E-state index contributed by atoms with van der Waals surface area (Å²) in [5.74, 6) is 1.88. The van der Waals surface area contributed by atoms with Gasteiger partial charge < -0.3 is 10.2 Å². The van der Waals surface area contributed by atoms with E-state index in [0.29, 0.717) is 10.5 Å². The molecular weight excluding hydrogens is 312 g/mol. The van der Waals surface area contributed by atoms with Gasteiger partial charge >= 0.3 is 0 Å². The quantitative estimate of drug-likeness (QED) is 0.922. The first-order valence-electron chi connectivity index (χ1n) is 6.26. The molecule has 0 amide bonds. The zero-order chi connectivity index (χ0) is 13.1. The van der Waals surface area contributed by atoms with Gasteiger partial charge in [-0.2, -0.15) is 11.8 Å². The van der Waals surface area contributed by atoms with Crippen molar-refractivity contribution < 1.29 is 0 Å². The summed E-state index contributed by atoms with van der Waals surface area (Å²) in [7, 11) is 0. The van der Waals surface area contributed by atoms with Crippen molar-refractivity contribution in [1.29, 1.82) is 0 Å². The van der Waals surface area contributed by atoms with E-state index >= 15 is 0 Å². The molecule has 100 valence electrons. The van der Waals surface area contributed by atoms with Crippen LogP contribution < -0.4 is 10.2 Å². The monoisotopic (exact) mass is 330 g/mol. The minimum atomic E-state index is 0.637. The molecule has 1 aromatic heterocycles. The van der Waals surface area contributed by atoms with Crippen molar-refractivity contribution in [1.82, 2.24) is 9.97 Å². The van der Waals surface area contributed by atoms with E-state index in [1.807, 2.05) is 11.8 Å². The van der Waals surface area contributed by atoms with Crippen molar-refractivity contribution >= 4 is 39.3 Å². The van der Waals surface area contributed by atoms with E-state index in [-0.39, 0.29) is 0 Å². The molecule has 0 saturated carbocycles. The number of hydrogen-bond acceptors (Lipinski definition) is 5. The Bertz CT molecular complexity index is 405. The lowest BCUT2D eigenvalue weighted by atomic mass is 10.3. The maximum Gasteiger partial charge on any atom is 0.148 e. The van der Waals surface area contributed by atoms with Gasteiger partial charge in [0.2, 0.25) is 0 Å². The summed E-state index contributed by atoms with van der Waals surface area (Å²) in [6, 6.07) is 0. The predicted octanol–water partition coefficient (Wildman–Crippen LogP) is 3.00. The predicted molar refractivity (Wildman–Crippen MR) is 82.6 cm³/mol. The molecule has 2 unspecified atom stereocenters. The number of nitrogens with zero attached hydrogens (tertiary/aromatic N) is 3. The Morgan fingerprint density at radius 3 is 2.67 bits per heavy atom. The lowest BCUT2D eigenvalue weighted by molar-refractivity contribution is 0.715. The summed E-state index contributed by atoms with van der Waals surface area (Å²) in [4.78, 5) is 11.0. The standard InChI is InChI=1S/C12H19BrN4S/c1-4-14-11-10(13)12(16-7-15-11)17-5-8(2)18-9(3)6-17/h7-9H,4-6H2,1-3H3,(H,14,15,16). The minimum absolute atomic E-state index is 0.637. The average molecular weight is 331 g/mol. The van der Waals surface area contributed by atoms with Crippen molar-refractivity contribution in [3.63, 3.8) is 0 Å². The third-order valence-corrected chi connectivity index (χ3v) is 4.79. The van der Waals surface area contributed by atoms with Gasteiger partial charge in [0.25, 0.3) is 0 Å². The lowest BCUT2D eigenvalue weighted by Crippen LogP contribution is -2.41. The zero-order valence-electron chi connectivity index (χ0n) is 11.0. The molecule has 1 fully saturated rings. The van der Waals surface area contributed by atoms with Gasteiger partial charge in [-0.25, -0.2) is 9.97 Å². The Labute approximate surface area is 121 Å². The molecule has 1 saturated heterocycles. The molecular formula is C12H19BrN4S. The van der Waals surface area contributed by atoms with Crippen LogP contribution >= 0.6 is 27.7 Å². The maximum atomic E-state index is 4.43. The fourth-order valence-corrected chi connectivity index (χ4v) is 4.14. The van der Waals surface area contributed by atoms with Gasteiger partial charge in [-0.1, -0.05) is 13.8 Å². The molecule has 1 aliphatic heterocycles. The Morgan fingerprint density at radius 2 is 2.06 bits per heavy atom. The van der Waals surface area contributed by atoms with Crippen LogP contribution in [0, 0.1) is 0 Å². The number of halogens is 1. The van der Waals surface area contributed by atoms with Crippen LogP contribution in [0.4, 0.5) is 11.6 Å². The van der Waals surface area contributed by atoms with Crippen LogP contribution in [0.1, 0.15) is 20.8 Å². The van der Waals surface area contributed by atoms with E-state index in [9.17, 15) is 0 Å². The Kier molecular flexibility index (Phi) is 4.72. The summed E-state index contributed by atoms with van der Waals surface area (Å²) in [6.07, 6.45) is 1.63. The van der Waals surface area contributed by atoms with Crippen LogP contribution in [0.3, 0.4) is 0 Å². The Balaban J connectivity index is 2.24. The second kappa shape index (κ2) is 6.10. The van der Waals surface area contributed by atoms with Crippen molar-refractivity contribution in [2.45, 2.75) is 31.3 Å². The van der Waals surface area contributed by atoms with E-state index < -0.39 is 0 Å². The van der Waals surface area contributed by atoms with Crippen LogP contribution in [0.25, 0.3) is 0 Å². The first kappa shape index (κ1) is 13.9. The highest BCUT2D eigenvalue weighted by molar-refractivity contribution is 9.10. The highest BCUT2D eigenvalue weighted by Gasteiger charge is 2.25. The highest BCUT2D eigenvalue weighted by Crippen LogP contribution is 2.34. The van der Waals surface area contributed by atoms with Crippen molar-refractivity contribution in [2.24, 2.45) is 0 Å². The van der Waals surface area contributed by atoms with Gasteiger partial charge in [0.1, 0.15) is 22.4 Å². The summed E-state index contributed by atoms with van der Waals surface area (Å²) in [5.41, 5.74) is 0. The van der Waals surface area contributed by atoms with Crippen LogP contribution in [-0.4, -0.2) is 40.1 Å². The number of anilines is 2. The fraction of sp³-hybridized carbons (Fsp3) is 0.667. The first-order chi connectivity index (χ1) is 8.61. The second-order valence-electron chi connectivity index (χ2n) is 4.55. The molecule has 6 heteroatoms. The third-order valence-electron chi connectivity index (χ3n) is 2.83. The summed E-state index contributed by atoms with van der Waals surface area (Å²) >= 11 is 5.67. The first-order valence-corrected chi connectivity index (χ1v) is 8.00. The largest absolute Gasteiger partial charge is 0.369 e. The van der Waals surface area contributed by atoms with Crippen LogP contribution in [0.15, 0.2) is 10.8 Å². The van der Waals surface area contributed by atoms with Gasteiger partial charge in [-0.3, -0.25) is 0 Å². The zero-order valence-corrected chi connectivity index (χ0v) is 13.4. The van der Waals surface area contributed by atoms with Crippen LogP contribution in [0.5, 0.6) is 0 Å². The van der Waals surface area contributed by atoms with Gasteiger partial charge in [-0.15, -0.1) is 0 Å². The molecule has 2 rings (SSSR count). The molecule has 1 aromatic rings. The molecule has 4 nitrogen and oxygen atoms in total. The molecule has 0 aromatic carbocycles. The molecule has 18 heavy (non-hydrogen) atoms. The number of nitrogens with one attached hydrogen (secondary N) is 1. The van der Waals surface area contributed by atoms with E-state index in [0.717, 1.165) is 35.7 Å². The molecule has 1 aliphatic rings. The topological polar surface area (TPSA) is 41.1 Å². The molecule has 2 heterocycles. The van der Waals surface area contributed by atoms with Gasteiger partial charge in [0.05, 0.1) is 0 Å². The second-order valence-corrected chi connectivity index (χ2v) is 7.23. The normalized spacial score (nSPS) is 24.1. The fourth-order valence-electron chi connectivity index (χ4n) is 2.22. The third kappa shape index (κ3) is 3.09. The molecule has 0 radical (unpaired) electrons. The van der Waals surface area contributed by atoms with Gasteiger partial charge in [0, 0.05) is 30.1 Å². The van der Waals surface area contributed by atoms with Gasteiger partial charge in [0.15, 0.2) is 0 Å². The van der Waals surface area contributed by atoms with Crippen LogP contribution in [-0.2, 0) is 0 Å². The summed E-state index contributed by atoms with van der Waals surface area (Å²) in [6.45, 7) is 9.54. The number of hydrogen-bond donors (Lipinski definition) is 1.